The summed E-state index contributed by atoms with van der Waals surface area (Å²) in [4.78, 5) is 4.67. The van der Waals surface area contributed by atoms with Crippen LogP contribution in [0.2, 0.25) is 0 Å². The molecule has 0 aliphatic carbocycles. The molecule has 0 bridgehead atoms. The number of nitrogens with zero attached hydrogens (tertiary/aromatic N) is 3. The molecule has 0 aliphatic heterocycles. The number of nitrogens with two attached hydrogens (primary N) is 1. The van der Waals surface area contributed by atoms with Crippen molar-refractivity contribution in [1.82, 2.24) is 13.9 Å². The normalized spacial score (nSPS) is 13.8. The smallest absolute Gasteiger partial charge is 0.242 e. The molecule has 3 rings (SSSR count). The van der Waals surface area contributed by atoms with Crippen LogP contribution in [0.5, 0.6) is 0 Å². The van der Waals surface area contributed by atoms with E-state index in [1.807, 2.05) is 6.07 Å². The number of sulfonamides is 1. The van der Waals surface area contributed by atoms with Crippen LogP contribution in [0.4, 0.5) is 4.39 Å². The number of aliphatic hydroxyl groups is 1. The van der Waals surface area contributed by atoms with E-state index in [4.69, 9.17) is 5.73 Å². The summed E-state index contributed by atoms with van der Waals surface area (Å²) >= 11 is 0. The summed E-state index contributed by atoms with van der Waals surface area (Å²) in [5.74, 6) is -0.394. The number of hydrogen-bond acceptors (Lipinski definition) is 5. The first-order chi connectivity index (χ1) is 14.7. The molecule has 1 aromatic carbocycles. The molecule has 2 heterocycles. The summed E-state index contributed by atoms with van der Waals surface area (Å²) in [6, 6.07) is 10.2. The summed E-state index contributed by atoms with van der Waals surface area (Å²) in [6.07, 6.45) is 2.51. The summed E-state index contributed by atoms with van der Waals surface area (Å²) in [5.41, 5.74) is 9.00. The number of benzene rings is 1. The Hall–Kier alpha value is -2.59. The van der Waals surface area contributed by atoms with Crippen LogP contribution >= 0.6 is 0 Å². The van der Waals surface area contributed by atoms with E-state index in [9.17, 15) is 17.9 Å². The molecule has 0 spiro atoms. The van der Waals surface area contributed by atoms with Crippen LogP contribution in [0.15, 0.2) is 59.4 Å². The van der Waals surface area contributed by atoms with Crippen LogP contribution < -0.4 is 5.73 Å². The Morgan fingerprint density at radius 2 is 1.97 bits per heavy atom. The lowest BCUT2D eigenvalue weighted by Crippen LogP contribution is -2.22. The number of rotatable bonds is 8. The topological polar surface area (TPSA) is 101 Å². The highest BCUT2D eigenvalue weighted by Gasteiger charge is 2.23. The molecule has 1 atom stereocenters. The average molecular weight is 447 g/mol. The Morgan fingerprint density at radius 1 is 1.29 bits per heavy atom. The van der Waals surface area contributed by atoms with Gasteiger partial charge in [-0.3, -0.25) is 4.98 Å². The van der Waals surface area contributed by atoms with E-state index in [0.717, 1.165) is 15.4 Å². The van der Waals surface area contributed by atoms with E-state index >= 15 is 0 Å². The molecule has 2 aromatic heterocycles. The van der Waals surface area contributed by atoms with Gasteiger partial charge in [-0.2, -0.15) is 0 Å². The average Bonchev–Trinajstić information content (AvgIpc) is 3.02. The van der Waals surface area contributed by atoms with Gasteiger partial charge in [0, 0.05) is 38.8 Å². The molecule has 0 radical (unpaired) electrons. The summed E-state index contributed by atoms with van der Waals surface area (Å²) in [5, 5.41) is 10.5. The molecular formula is C22H27FN4O3S. The van der Waals surface area contributed by atoms with Gasteiger partial charge in [-0.15, -0.1) is 0 Å². The van der Waals surface area contributed by atoms with Gasteiger partial charge in [-0.25, -0.2) is 17.1 Å². The molecule has 31 heavy (non-hydrogen) atoms. The zero-order valence-corrected chi connectivity index (χ0v) is 18.6. The van der Waals surface area contributed by atoms with Crippen molar-refractivity contribution in [2.24, 2.45) is 5.73 Å². The Labute approximate surface area is 181 Å². The van der Waals surface area contributed by atoms with Crippen LogP contribution in [-0.2, 0) is 23.0 Å². The maximum atomic E-state index is 14.3. The third kappa shape index (κ3) is 4.69. The lowest BCUT2D eigenvalue weighted by molar-refractivity contribution is 0.189. The standard InChI is InChI=1S/C22H27FN4O3S/c1-15(28)22-19(13-16-6-8-18(9-7-16)31(29,30)26(2)3)21-20(5-4-12-25-21)27(22)14-17(23)10-11-24/h4-10,12,15,28H,11,13-14,24H2,1-3H3/b17-10-. The molecule has 0 amide bonds. The molecule has 0 fully saturated rings. The van der Waals surface area contributed by atoms with Crippen molar-refractivity contribution in [2.45, 2.75) is 30.9 Å². The van der Waals surface area contributed by atoms with E-state index in [0.29, 0.717) is 23.1 Å². The third-order valence-electron chi connectivity index (χ3n) is 5.09. The number of halogens is 1. The SMILES string of the molecule is CC(O)c1c(Cc2ccc(S(=O)(=O)N(C)C)cc2)c2ncccc2n1C/C(F)=C/CN. The first-order valence-corrected chi connectivity index (χ1v) is 11.3. The van der Waals surface area contributed by atoms with Gasteiger partial charge in [0.2, 0.25) is 10.0 Å². The number of hydrogen-bond donors (Lipinski definition) is 2. The van der Waals surface area contributed by atoms with Gasteiger partial charge in [-0.05, 0) is 42.8 Å². The second-order valence-electron chi connectivity index (χ2n) is 7.49. The fraction of sp³-hybridized carbons (Fsp3) is 0.318. The van der Waals surface area contributed by atoms with Crippen molar-refractivity contribution in [3.05, 3.63) is 71.3 Å². The second-order valence-corrected chi connectivity index (χ2v) is 9.64. The van der Waals surface area contributed by atoms with Crippen molar-refractivity contribution < 1.29 is 17.9 Å². The van der Waals surface area contributed by atoms with Crippen LogP contribution in [-0.4, -0.2) is 48.0 Å². The number of aromatic nitrogens is 2. The van der Waals surface area contributed by atoms with Crippen LogP contribution in [0.3, 0.4) is 0 Å². The molecule has 3 N–H and O–H groups in total. The minimum Gasteiger partial charge on any atom is -0.387 e. The predicted molar refractivity (Wildman–Crippen MR) is 119 cm³/mol. The van der Waals surface area contributed by atoms with Gasteiger partial charge in [0.1, 0.15) is 5.83 Å². The second kappa shape index (κ2) is 9.27. The number of pyridine rings is 1. The van der Waals surface area contributed by atoms with Crippen LogP contribution in [0, 0.1) is 0 Å². The lowest BCUT2D eigenvalue weighted by atomic mass is 10.0. The van der Waals surface area contributed by atoms with Gasteiger partial charge in [0.25, 0.3) is 0 Å². The Balaban J connectivity index is 2.08. The molecule has 0 aliphatic rings. The van der Waals surface area contributed by atoms with Crippen molar-refractivity contribution in [3.8, 4) is 0 Å². The highest BCUT2D eigenvalue weighted by Crippen LogP contribution is 2.32. The quantitative estimate of drug-likeness (QED) is 0.554. The van der Waals surface area contributed by atoms with E-state index in [1.165, 1.54) is 20.2 Å². The molecule has 166 valence electrons. The minimum absolute atomic E-state index is 0.0559. The van der Waals surface area contributed by atoms with E-state index in [-0.39, 0.29) is 18.0 Å². The first kappa shape index (κ1) is 23.1. The van der Waals surface area contributed by atoms with Crippen molar-refractivity contribution >= 4 is 21.1 Å². The van der Waals surface area contributed by atoms with Gasteiger partial charge in [-0.1, -0.05) is 12.1 Å². The molecule has 0 saturated carbocycles. The number of allylic oxidation sites excluding steroid dienone is 1. The van der Waals surface area contributed by atoms with Crippen molar-refractivity contribution in [3.63, 3.8) is 0 Å². The number of fused-ring (bicyclic) bond motifs is 1. The zero-order valence-electron chi connectivity index (χ0n) is 17.8. The molecular weight excluding hydrogens is 419 g/mol. The monoisotopic (exact) mass is 446 g/mol. The maximum Gasteiger partial charge on any atom is 0.242 e. The van der Waals surface area contributed by atoms with E-state index in [2.05, 4.69) is 4.98 Å². The van der Waals surface area contributed by atoms with Gasteiger partial charge in [0.15, 0.2) is 0 Å². The molecule has 1 unspecified atom stereocenters. The Bertz CT molecular complexity index is 1200. The summed E-state index contributed by atoms with van der Waals surface area (Å²) < 4.78 is 41.8. The minimum atomic E-state index is -3.52. The third-order valence-corrected chi connectivity index (χ3v) is 6.92. The molecule has 7 nitrogen and oxygen atoms in total. The molecule has 0 saturated heterocycles. The fourth-order valence-corrected chi connectivity index (χ4v) is 4.52. The molecule has 3 aromatic rings. The largest absolute Gasteiger partial charge is 0.387 e. The highest BCUT2D eigenvalue weighted by molar-refractivity contribution is 7.89. The van der Waals surface area contributed by atoms with Crippen LogP contribution in [0.1, 0.15) is 29.8 Å². The maximum absolute atomic E-state index is 14.3. The summed E-state index contributed by atoms with van der Waals surface area (Å²) in [6.45, 7) is 1.66. The Morgan fingerprint density at radius 3 is 2.55 bits per heavy atom. The van der Waals surface area contributed by atoms with Crippen molar-refractivity contribution in [2.75, 3.05) is 20.6 Å². The fourth-order valence-electron chi connectivity index (χ4n) is 3.62. The highest BCUT2D eigenvalue weighted by atomic mass is 32.2. The Kier molecular flexibility index (Phi) is 6.90. The van der Waals surface area contributed by atoms with E-state index in [1.54, 1.807) is 48.0 Å². The zero-order chi connectivity index (χ0) is 22.8. The van der Waals surface area contributed by atoms with Gasteiger partial charge in [0.05, 0.1) is 34.3 Å². The number of aliphatic hydroxyl groups excluding tert-OH is 1. The van der Waals surface area contributed by atoms with Gasteiger partial charge < -0.3 is 15.4 Å². The summed E-state index contributed by atoms with van der Waals surface area (Å²) in [7, 11) is -0.553. The molecule has 9 heteroatoms. The lowest BCUT2D eigenvalue weighted by Gasteiger charge is -2.14. The first-order valence-electron chi connectivity index (χ1n) is 9.87. The van der Waals surface area contributed by atoms with Gasteiger partial charge >= 0.3 is 0 Å². The van der Waals surface area contributed by atoms with Crippen molar-refractivity contribution in [1.29, 1.82) is 0 Å². The van der Waals surface area contributed by atoms with E-state index < -0.39 is 22.0 Å². The predicted octanol–water partition coefficient (Wildman–Crippen LogP) is 2.74. The van der Waals surface area contributed by atoms with Crippen LogP contribution in [0.25, 0.3) is 11.0 Å².